The van der Waals surface area contributed by atoms with Crippen molar-refractivity contribution in [2.75, 3.05) is 11.6 Å². The van der Waals surface area contributed by atoms with Gasteiger partial charge in [-0.15, -0.1) is 11.8 Å². The summed E-state index contributed by atoms with van der Waals surface area (Å²) in [7, 11) is 0. The summed E-state index contributed by atoms with van der Waals surface area (Å²) >= 11 is 1.58. The van der Waals surface area contributed by atoms with Crippen molar-refractivity contribution < 1.29 is 4.79 Å². The number of rotatable bonds is 2. The van der Waals surface area contributed by atoms with Crippen molar-refractivity contribution >= 4 is 23.4 Å². The van der Waals surface area contributed by atoms with Crippen LogP contribution in [0.5, 0.6) is 0 Å². The maximum absolute atomic E-state index is 11.8. The molecule has 19 heavy (non-hydrogen) atoms. The van der Waals surface area contributed by atoms with E-state index in [0.717, 1.165) is 11.3 Å². The highest BCUT2D eigenvalue weighted by Crippen LogP contribution is 2.41. The lowest BCUT2D eigenvalue weighted by molar-refractivity contribution is -0.115. The molecule has 1 heterocycles. The van der Waals surface area contributed by atoms with Crippen LogP contribution in [0.4, 0.5) is 5.69 Å². The molecule has 3 rings (SSSR count). The van der Waals surface area contributed by atoms with Crippen molar-refractivity contribution in [1.29, 1.82) is 0 Å². The molecule has 0 saturated heterocycles. The molecule has 1 unspecified atom stereocenters. The minimum atomic E-state index is -0.0843. The molecule has 2 aromatic rings. The fraction of sp³-hybridized carbons (Fsp3) is 0.188. The van der Waals surface area contributed by atoms with Crippen LogP contribution in [-0.4, -0.2) is 12.2 Å². The van der Waals surface area contributed by atoms with E-state index in [1.54, 1.807) is 11.8 Å². The topological polar surface area (TPSA) is 29.1 Å². The second-order valence-corrected chi connectivity index (χ2v) is 5.66. The molecule has 0 saturated carbocycles. The van der Waals surface area contributed by atoms with Crippen molar-refractivity contribution in [2.24, 2.45) is 0 Å². The van der Waals surface area contributed by atoms with Crippen molar-refractivity contribution in [3.05, 3.63) is 53.6 Å². The first-order chi connectivity index (χ1) is 9.20. The second-order valence-electron chi connectivity index (χ2n) is 4.72. The molecule has 0 bridgehead atoms. The van der Waals surface area contributed by atoms with Gasteiger partial charge in [0.05, 0.1) is 0 Å². The Bertz CT molecular complexity index is 651. The third kappa shape index (κ3) is 2.04. The van der Waals surface area contributed by atoms with Crippen LogP contribution in [0, 0.1) is 6.92 Å². The third-order valence-corrected chi connectivity index (χ3v) is 4.46. The van der Waals surface area contributed by atoms with Crippen LogP contribution >= 0.6 is 11.8 Å². The van der Waals surface area contributed by atoms with Crippen molar-refractivity contribution in [3.8, 4) is 11.1 Å². The second kappa shape index (κ2) is 4.74. The number of hydrogen-bond donors (Lipinski definition) is 1. The molecule has 0 aliphatic carbocycles. The minimum Gasteiger partial charge on any atom is -0.325 e. The molecule has 0 aromatic heterocycles. The molecular weight excluding hydrogens is 254 g/mol. The Morgan fingerprint density at radius 3 is 2.68 bits per heavy atom. The number of thioether (sulfide) groups is 1. The van der Waals surface area contributed by atoms with Crippen LogP contribution < -0.4 is 5.32 Å². The van der Waals surface area contributed by atoms with E-state index in [0.29, 0.717) is 0 Å². The van der Waals surface area contributed by atoms with Gasteiger partial charge in [-0.1, -0.05) is 30.3 Å². The van der Waals surface area contributed by atoms with Gasteiger partial charge in [0.25, 0.3) is 0 Å². The van der Waals surface area contributed by atoms with Gasteiger partial charge in [0.15, 0.2) is 0 Å². The Morgan fingerprint density at radius 2 is 1.95 bits per heavy atom. The zero-order valence-electron chi connectivity index (χ0n) is 10.9. The van der Waals surface area contributed by atoms with Crippen molar-refractivity contribution in [3.63, 3.8) is 0 Å². The van der Waals surface area contributed by atoms with Crippen LogP contribution in [0.25, 0.3) is 11.1 Å². The smallest absolute Gasteiger partial charge is 0.242 e. The molecule has 2 aromatic carbocycles. The summed E-state index contributed by atoms with van der Waals surface area (Å²) in [6.07, 6.45) is 1.97. The van der Waals surface area contributed by atoms with E-state index in [1.807, 2.05) is 24.5 Å². The number of anilines is 1. The zero-order valence-corrected chi connectivity index (χ0v) is 11.8. The monoisotopic (exact) mass is 269 g/mol. The number of carbonyl (C=O) groups is 1. The van der Waals surface area contributed by atoms with Crippen molar-refractivity contribution in [1.82, 2.24) is 0 Å². The van der Waals surface area contributed by atoms with E-state index < -0.39 is 0 Å². The van der Waals surface area contributed by atoms with Gasteiger partial charge in [-0.3, -0.25) is 4.79 Å². The van der Waals surface area contributed by atoms with Gasteiger partial charge in [0, 0.05) is 5.69 Å². The summed E-state index contributed by atoms with van der Waals surface area (Å²) in [5.41, 5.74) is 5.69. The Hall–Kier alpha value is -1.74. The predicted octanol–water partition coefficient (Wildman–Crippen LogP) is 4.02. The normalized spacial score (nSPS) is 17.2. The summed E-state index contributed by atoms with van der Waals surface area (Å²) < 4.78 is 0. The summed E-state index contributed by atoms with van der Waals surface area (Å²) in [5.74, 6) is 0.0874. The fourth-order valence-electron chi connectivity index (χ4n) is 2.53. The van der Waals surface area contributed by atoms with Gasteiger partial charge >= 0.3 is 0 Å². The highest BCUT2D eigenvalue weighted by atomic mass is 32.2. The van der Waals surface area contributed by atoms with Gasteiger partial charge in [-0.2, -0.15) is 0 Å². The van der Waals surface area contributed by atoms with E-state index in [1.165, 1.54) is 16.7 Å². The Labute approximate surface area is 117 Å². The quantitative estimate of drug-likeness (QED) is 0.892. The van der Waals surface area contributed by atoms with Gasteiger partial charge < -0.3 is 5.32 Å². The third-order valence-electron chi connectivity index (χ3n) is 3.52. The minimum absolute atomic E-state index is 0.0843. The first-order valence-corrected chi connectivity index (χ1v) is 7.53. The number of aryl methyl sites for hydroxylation is 1. The number of amides is 1. The number of nitrogens with one attached hydrogen (secondary N) is 1. The maximum Gasteiger partial charge on any atom is 0.242 e. The van der Waals surface area contributed by atoms with Gasteiger partial charge in [0.1, 0.15) is 5.25 Å². The lowest BCUT2D eigenvalue weighted by Crippen LogP contribution is -2.08. The van der Waals surface area contributed by atoms with Crippen molar-refractivity contribution in [2.45, 2.75) is 12.2 Å². The summed E-state index contributed by atoms with van der Waals surface area (Å²) in [6, 6.07) is 14.5. The Balaban J connectivity index is 2.10. The molecule has 1 aliphatic heterocycles. The molecule has 1 atom stereocenters. The molecular formula is C16H15NOS. The van der Waals surface area contributed by atoms with Crippen LogP contribution in [0.3, 0.4) is 0 Å². The molecule has 1 amide bonds. The van der Waals surface area contributed by atoms with Crippen LogP contribution in [0.1, 0.15) is 16.4 Å². The first kappa shape index (κ1) is 12.3. The van der Waals surface area contributed by atoms with E-state index in [4.69, 9.17) is 0 Å². The first-order valence-electron chi connectivity index (χ1n) is 6.24. The van der Waals surface area contributed by atoms with Crippen LogP contribution in [0.2, 0.25) is 0 Å². The van der Waals surface area contributed by atoms with E-state index in [9.17, 15) is 4.79 Å². The molecule has 0 fully saturated rings. The molecule has 0 radical (unpaired) electrons. The van der Waals surface area contributed by atoms with E-state index in [-0.39, 0.29) is 11.2 Å². The zero-order chi connectivity index (χ0) is 13.4. The average Bonchev–Trinajstić information content (AvgIpc) is 2.73. The fourth-order valence-corrected chi connectivity index (χ4v) is 3.25. The SMILES string of the molecule is CSC1C(=O)Nc2ccc(-c3ccccc3C)cc21. The Kier molecular flexibility index (Phi) is 3.07. The van der Waals surface area contributed by atoms with Crippen LogP contribution in [0.15, 0.2) is 42.5 Å². The van der Waals surface area contributed by atoms with E-state index >= 15 is 0 Å². The lowest BCUT2D eigenvalue weighted by atomic mass is 9.98. The van der Waals surface area contributed by atoms with Gasteiger partial charge in [-0.25, -0.2) is 0 Å². The number of carbonyl (C=O) groups excluding carboxylic acids is 1. The molecule has 1 aliphatic rings. The summed E-state index contributed by atoms with van der Waals surface area (Å²) in [4.78, 5) is 11.8. The molecule has 0 spiro atoms. The summed E-state index contributed by atoms with van der Waals surface area (Å²) in [5, 5.41) is 2.85. The number of fused-ring (bicyclic) bond motifs is 1. The number of hydrogen-bond acceptors (Lipinski definition) is 2. The lowest BCUT2D eigenvalue weighted by Gasteiger charge is -2.09. The molecule has 1 N–H and O–H groups in total. The standard InChI is InChI=1S/C16H15NOS/c1-10-5-3-4-6-12(10)11-7-8-14-13(9-11)15(19-2)16(18)17-14/h3-9,15H,1-2H3,(H,17,18). The Morgan fingerprint density at radius 1 is 1.16 bits per heavy atom. The summed E-state index contributed by atoms with van der Waals surface area (Å²) in [6.45, 7) is 2.11. The van der Waals surface area contributed by atoms with Gasteiger partial charge in [0.2, 0.25) is 5.91 Å². The van der Waals surface area contributed by atoms with Gasteiger partial charge in [-0.05, 0) is 47.6 Å². The maximum atomic E-state index is 11.8. The highest BCUT2D eigenvalue weighted by molar-refractivity contribution is 7.99. The highest BCUT2D eigenvalue weighted by Gasteiger charge is 2.29. The largest absolute Gasteiger partial charge is 0.325 e. The predicted molar refractivity (Wildman–Crippen MR) is 81.5 cm³/mol. The molecule has 96 valence electrons. The molecule has 3 heteroatoms. The van der Waals surface area contributed by atoms with E-state index in [2.05, 4.69) is 36.5 Å². The van der Waals surface area contributed by atoms with Crippen LogP contribution in [-0.2, 0) is 4.79 Å². The average molecular weight is 269 g/mol. The number of benzene rings is 2. The molecule has 2 nitrogen and oxygen atoms in total.